The Labute approximate surface area is 104 Å². The smallest absolute Gasteiger partial charge is 0.200 e. The van der Waals surface area contributed by atoms with Gasteiger partial charge in [-0.25, -0.2) is 0 Å². The Hall–Kier alpha value is -1.08. The minimum Gasteiger partial charge on any atom is -0.200 e. The van der Waals surface area contributed by atoms with Crippen LogP contribution in [-0.2, 0) is 7.05 Å². The molecule has 1 heterocycles. The number of hydrogen-bond acceptors (Lipinski definition) is 0. The number of aromatic nitrogens is 1. The summed E-state index contributed by atoms with van der Waals surface area (Å²) in [5, 5.41) is 1.95. The van der Waals surface area contributed by atoms with Crippen LogP contribution in [0.4, 0.5) is 0 Å². The number of aryl methyl sites for hydroxylation is 1. The van der Waals surface area contributed by atoms with Gasteiger partial charge in [-0.2, -0.15) is 4.57 Å². The molecule has 0 unspecified atom stereocenters. The Kier molecular flexibility index (Phi) is 7.57. The lowest BCUT2D eigenvalue weighted by Gasteiger charge is -1.95. The number of para-hydroxylation sites is 1. The van der Waals surface area contributed by atoms with Crippen molar-refractivity contribution in [2.24, 2.45) is 7.05 Å². The van der Waals surface area contributed by atoms with Crippen LogP contribution in [0.3, 0.4) is 0 Å². The average Bonchev–Trinajstić information content (AvgIpc) is 2.34. The maximum Gasteiger partial charge on any atom is 0.212 e. The highest BCUT2D eigenvalue weighted by Crippen LogP contribution is 2.13. The summed E-state index contributed by atoms with van der Waals surface area (Å²) in [6.07, 6.45) is 1.91. The van der Waals surface area contributed by atoms with Crippen LogP contribution in [0, 0.1) is 0 Å². The standard InChI is InChI=1S/C10H9ClN.2C2H6/c1-12-7-9(11)6-8-4-2-3-5-10(8)12;2*1-2/h2-7H,1H3;2*1-2H3/q+1;;. The van der Waals surface area contributed by atoms with Gasteiger partial charge < -0.3 is 0 Å². The predicted molar refractivity (Wildman–Crippen MR) is 72.8 cm³/mol. The molecule has 0 bridgehead atoms. The number of benzene rings is 1. The van der Waals surface area contributed by atoms with Crippen molar-refractivity contribution >= 4 is 22.5 Å². The zero-order valence-electron chi connectivity index (χ0n) is 10.8. The van der Waals surface area contributed by atoms with Gasteiger partial charge in [0.2, 0.25) is 5.52 Å². The summed E-state index contributed by atoms with van der Waals surface area (Å²) < 4.78 is 2.03. The molecule has 2 heteroatoms. The Morgan fingerprint density at radius 3 is 2.19 bits per heavy atom. The summed E-state index contributed by atoms with van der Waals surface area (Å²) in [6.45, 7) is 8.00. The van der Waals surface area contributed by atoms with Gasteiger partial charge in [-0.05, 0) is 12.1 Å². The summed E-state index contributed by atoms with van der Waals surface area (Å²) in [5.41, 5.74) is 1.20. The predicted octanol–water partition coefficient (Wildman–Crippen LogP) is 4.37. The molecule has 88 valence electrons. The van der Waals surface area contributed by atoms with Crippen LogP contribution in [0.2, 0.25) is 5.02 Å². The molecule has 0 spiro atoms. The molecule has 0 saturated heterocycles. The van der Waals surface area contributed by atoms with E-state index in [0.717, 1.165) is 5.02 Å². The van der Waals surface area contributed by atoms with E-state index >= 15 is 0 Å². The molecule has 2 aromatic rings. The maximum absolute atomic E-state index is 5.90. The quantitative estimate of drug-likeness (QED) is 0.600. The van der Waals surface area contributed by atoms with Crippen LogP contribution in [-0.4, -0.2) is 0 Å². The number of rotatable bonds is 0. The molecule has 0 amide bonds. The summed E-state index contributed by atoms with van der Waals surface area (Å²) in [7, 11) is 1.99. The first-order chi connectivity index (χ1) is 7.77. The topological polar surface area (TPSA) is 3.88 Å². The van der Waals surface area contributed by atoms with Crippen LogP contribution >= 0.6 is 11.6 Å². The molecule has 1 nitrogen and oxygen atoms in total. The van der Waals surface area contributed by atoms with Gasteiger partial charge >= 0.3 is 0 Å². The van der Waals surface area contributed by atoms with E-state index in [-0.39, 0.29) is 0 Å². The minimum absolute atomic E-state index is 0.774. The second kappa shape index (κ2) is 8.12. The van der Waals surface area contributed by atoms with Crippen molar-refractivity contribution in [1.29, 1.82) is 0 Å². The van der Waals surface area contributed by atoms with Crippen LogP contribution in [0.15, 0.2) is 36.5 Å². The van der Waals surface area contributed by atoms with Crippen LogP contribution < -0.4 is 4.57 Å². The molecule has 16 heavy (non-hydrogen) atoms. The van der Waals surface area contributed by atoms with Gasteiger partial charge in [0.05, 0.1) is 0 Å². The van der Waals surface area contributed by atoms with E-state index in [2.05, 4.69) is 12.1 Å². The summed E-state index contributed by atoms with van der Waals surface area (Å²) in [4.78, 5) is 0. The van der Waals surface area contributed by atoms with Crippen molar-refractivity contribution in [3.63, 3.8) is 0 Å². The minimum atomic E-state index is 0.774. The SMILES string of the molecule is CC.CC.C[n+]1cc(Cl)cc2ccccc21. The third kappa shape index (κ3) is 3.82. The largest absolute Gasteiger partial charge is 0.212 e. The molecule has 0 atom stereocenters. The fourth-order valence-electron chi connectivity index (χ4n) is 1.37. The molecule has 1 aromatic heterocycles. The van der Waals surface area contributed by atoms with E-state index in [1.807, 2.05) is 63.7 Å². The highest BCUT2D eigenvalue weighted by molar-refractivity contribution is 6.30. The van der Waals surface area contributed by atoms with Crippen molar-refractivity contribution in [3.05, 3.63) is 41.6 Å². The number of hydrogen-bond donors (Lipinski definition) is 0. The maximum atomic E-state index is 5.90. The lowest BCUT2D eigenvalue weighted by Crippen LogP contribution is -2.28. The van der Waals surface area contributed by atoms with E-state index in [1.54, 1.807) is 0 Å². The van der Waals surface area contributed by atoms with Crippen LogP contribution in [0.25, 0.3) is 10.9 Å². The van der Waals surface area contributed by atoms with Crippen LogP contribution in [0.5, 0.6) is 0 Å². The third-order valence-electron chi connectivity index (χ3n) is 1.93. The van der Waals surface area contributed by atoms with E-state index < -0.39 is 0 Å². The number of pyridine rings is 1. The first-order valence-electron chi connectivity index (χ1n) is 5.81. The molecule has 0 fully saturated rings. The Bertz CT molecular complexity index is 424. The van der Waals surface area contributed by atoms with Gasteiger partial charge in [-0.3, -0.25) is 0 Å². The molecule has 1 aromatic carbocycles. The second-order valence-corrected chi connectivity index (χ2v) is 3.26. The second-order valence-electron chi connectivity index (χ2n) is 2.83. The molecule has 0 aliphatic rings. The fraction of sp³-hybridized carbons (Fsp3) is 0.357. The van der Waals surface area contributed by atoms with Gasteiger partial charge in [-0.15, -0.1) is 0 Å². The summed E-state index contributed by atoms with van der Waals surface area (Å²) in [5.74, 6) is 0. The first kappa shape index (κ1) is 14.9. The molecule has 0 radical (unpaired) electrons. The van der Waals surface area contributed by atoms with Crippen molar-refractivity contribution < 1.29 is 4.57 Å². The zero-order valence-corrected chi connectivity index (χ0v) is 11.5. The summed E-state index contributed by atoms with van der Waals surface area (Å²) in [6, 6.07) is 10.1. The van der Waals surface area contributed by atoms with E-state index in [4.69, 9.17) is 11.6 Å². The fourth-order valence-corrected chi connectivity index (χ4v) is 1.64. The molecular weight excluding hydrogens is 218 g/mol. The molecule has 0 N–H and O–H groups in total. The van der Waals surface area contributed by atoms with Crippen molar-refractivity contribution in [3.8, 4) is 0 Å². The average molecular weight is 239 g/mol. The molecular formula is C14H21ClN+. The normalized spacial score (nSPS) is 8.62. The third-order valence-corrected chi connectivity index (χ3v) is 2.13. The number of halogens is 1. The van der Waals surface area contributed by atoms with E-state index in [9.17, 15) is 0 Å². The van der Waals surface area contributed by atoms with Gasteiger partial charge in [0, 0.05) is 11.5 Å². The first-order valence-corrected chi connectivity index (χ1v) is 6.19. The number of nitrogens with zero attached hydrogens (tertiary/aromatic N) is 1. The van der Waals surface area contributed by atoms with E-state index in [1.165, 1.54) is 10.9 Å². The van der Waals surface area contributed by atoms with Gasteiger partial charge in [0.15, 0.2) is 6.20 Å². The number of fused-ring (bicyclic) bond motifs is 1. The van der Waals surface area contributed by atoms with Gasteiger partial charge in [0.25, 0.3) is 0 Å². The van der Waals surface area contributed by atoms with Crippen molar-refractivity contribution in [2.45, 2.75) is 27.7 Å². The van der Waals surface area contributed by atoms with Crippen LogP contribution in [0.1, 0.15) is 27.7 Å². The lowest BCUT2D eigenvalue weighted by molar-refractivity contribution is -0.644. The van der Waals surface area contributed by atoms with Crippen molar-refractivity contribution in [2.75, 3.05) is 0 Å². The monoisotopic (exact) mass is 238 g/mol. The highest BCUT2D eigenvalue weighted by atomic mass is 35.5. The molecule has 2 rings (SSSR count). The van der Waals surface area contributed by atoms with E-state index in [0.29, 0.717) is 0 Å². The summed E-state index contributed by atoms with van der Waals surface area (Å²) >= 11 is 5.90. The lowest BCUT2D eigenvalue weighted by atomic mass is 10.2. The Morgan fingerprint density at radius 1 is 1.00 bits per heavy atom. The van der Waals surface area contributed by atoms with Gasteiger partial charge in [-0.1, -0.05) is 51.4 Å². The molecule has 0 saturated carbocycles. The molecule has 0 aliphatic heterocycles. The zero-order chi connectivity index (χ0) is 12.6. The van der Waals surface area contributed by atoms with Gasteiger partial charge in [0.1, 0.15) is 12.1 Å². The van der Waals surface area contributed by atoms with Crippen molar-refractivity contribution in [1.82, 2.24) is 0 Å². The molecule has 0 aliphatic carbocycles. The Morgan fingerprint density at radius 2 is 1.56 bits per heavy atom. The highest BCUT2D eigenvalue weighted by Gasteiger charge is 2.04. The Balaban J connectivity index is 0.000000509.